The van der Waals surface area contributed by atoms with Crippen LogP contribution in [0.1, 0.15) is 11.1 Å². The monoisotopic (exact) mass is 247 g/mol. The fourth-order valence-electron chi connectivity index (χ4n) is 1.52. The maximum absolute atomic E-state index is 11.5. The predicted octanol–water partition coefficient (Wildman–Crippen LogP) is 1.04. The number of hydrogen-bond acceptors (Lipinski definition) is 4. The molecule has 0 spiro atoms. The number of nitrogens with one attached hydrogen (secondary N) is 2. The topological polar surface area (TPSA) is 74.2 Å². The lowest BCUT2D eigenvalue weighted by Gasteiger charge is -2.11. The van der Waals surface area contributed by atoms with E-state index < -0.39 is 0 Å². The van der Waals surface area contributed by atoms with Crippen molar-refractivity contribution in [2.75, 3.05) is 32.1 Å². The van der Waals surface area contributed by atoms with E-state index in [1.807, 2.05) is 19.1 Å². The van der Waals surface area contributed by atoms with E-state index in [-0.39, 0.29) is 12.5 Å². The Morgan fingerprint density at radius 3 is 2.94 bits per heavy atom. The molecule has 0 aromatic heterocycles. The van der Waals surface area contributed by atoms with Gasteiger partial charge in [-0.05, 0) is 18.6 Å². The van der Waals surface area contributed by atoms with Crippen LogP contribution in [0.25, 0.3) is 0 Å². The minimum atomic E-state index is -0.126. The van der Waals surface area contributed by atoms with Crippen LogP contribution in [-0.2, 0) is 9.53 Å². The van der Waals surface area contributed by atoms with Gasteiger partial charge in [-0.15, -0.1) is 0 Å². The Balaban J connectivity index is 2.53. The summed E-state index contributed by atoms with van der Waals surface area (Å²) in [6.07, 6.45) is 0. The standard InChI is InChI=1S/C13H17N3O2/c1-10-4-3-5-11(8-14)13(10)16-9-12(17)15-6-7-18-2/h3-5,16H,6-7,9H2,1-2H3,(H,15,17). The van der Waals surface area contributed by atoms with Crippen LogP contribution in [0, 0.1) is 18.3 Å². The second-order valence-electron chi connectivity index (χ2n) is 3.81. The summed E-state index contributed by atoms with van der Waals surface area (Å²) in [5.41, 5.74) is 2.19. The summed E-state index contributed by atoms with van der Waals surface area (Å²) in [6.45, 7) is 3.00. The third-order valence-electron chi connectivity index (χ3n) is 2.45. The smallest absolute Gasteiger partial charge is 0.239 e. The van der Waals surface area contributed by atoms with Crippen molar-refractivity contribution in [1.82, 2.24) is 5.32 Å². The summed E-state index contributed by atoms with van der Waals surface area (Å²) in [5, 5.41) is 14.7. The highest BCUT2D eigenvalue weighted by Gasteiger charge is 2.06. The van der Waals surface area contributed by atoms with Crippen molar-refractivity contribution in [2.24, 2.45) is 0 Å². The number of carbonyl (C=O) groups is 1. The first-order valence-electron chi connectivity index (χ1n) is 5.68. The lowest BCUT2D eigenvalue weighted by Crippen LogP contribution is -2.32. The molecule has 0 aliphatic carbocycles. The van der Waals surface area contributed by atoms with Gasteiger partial charge >= 0.3 is 0 Å². The van der Waals surface area contributed by atoms with Crippen molar-refractivity contribution in [3.05, 3.63) is 29.3 Å². The Morgan fingerprint density at radius 1 is 1.50 bits per heavy atom. The number of rotatable bonds is 6. The number of hydrogen-bond donors (Lipinski definition) is 2. The van der Waals surface area contributed by atoms with Crippen LogP contribution in [0.2, 0.25) is 0 Å². The molecule has 0 fully saturated rings. The van der Waals surface area contributed by atoms with Gasteiger partial charge in [0.2, 0.25) is 5.91 Å². The van der Waals surface area contributed by atoms with Crippen molar-refractivity contribution in [3.63, 3.8) is 0 Å². The molecule has 5 heteroatoms. The van der Waals surface area contributed by atoms with E-state index in [0.29, 0.717) is 24.4 Å². The lowest BCUT2D eigenvalue weighted by molar-refractivity contribution is -0.119. The highest BCUT2D eigenvalue weighted by Crippen LogP contribution is 2.18. The van der Waals surface area contributed by atoms with E-state index in [0.717, 1.165) is 5.56 Å². The average molecular weight is 247 g/mol. The zero-order chi connectivity index (χ0) is 13.4. The van der Waals surface area contributed by atoms with Crippen molar-refractivity contribution < 1.29 is 9.53 Å². The summed E-state index contributed by atoms with van der Waals surface area (Å²) >= 11 is 0. The Bertz CT molecular complexity index is 452. The first-order chi connectivity index (χ1) is 8.69. The van der Waals surface area contributed by atoms with Crippen molar-refractivity contribution in [2.45, 2.75) is 6.92 Å². The molecule has 1 rings (SSSR count). The van der Waals surface area contributed by atoms with Gasteiger partial charge in [-0.25, -0.2) is 0 Å². The number of aryl methyl sites for hydroxylation is 1. The maximum Gasteiger partial charge on any atom is 0.239 e. The number of nitrogens with zero attached hydrogens (tertiary/aromatic N) is 1. The molecule has 0 saturated carbocycles. The van der Waals surface area contributed by atoms with E-state index in [1.54, 1.807) is 13.2 Å². The highest BCUT2D eigenvalue weighted by atomic mass is 16.5. The fraction of sp³-hybridized carbons (Fsp3) is 0.385. The molecule has 1 amide bonds. The lowest BCUT2D eigenvalue weighted by atomic mass is 10.1. The molecule has 0 unspecified atom stereocenters. The molecule has 5 nitrogen and oxygen atoms in total. The normalized spacial score (nSPS) is 9.61. The SMILES string of the molecule is COCCNC(=O)CNc1c(C)cccc1C#N. The Kier molecular flexibility index (Phi) is 5.68. The molecule has 0 atom stereocenters. The Hall–Kier alpha value is -2.06. The molecule has 18 heavy (non-hydrogen) atoms. The third kappa shape index (κ3) is 4.07. The summed E-state index contributed by atoms with van der Waals surface area (Å²) in [4.78, 5) is 11.5. The van der Waals surface area contributed by atoms with Crippen LogP contribution in [0.3, 0.4) is 0 Å². The summed E-state index contributed by atoms with van der Waals surface area (Å²) < 4.78 is 4.83. The van der Waals surface area contributed by atoms with Crippen LogP contribution in [-0.4, -0.2) is 32.7 Å². The predicted molar refractivity (Wildman–Crippen MR) is 69.3 cm³/mol. The molecular formula is C13H17N3O2. The zero-order valence-corrected chi connectivity index (χ0v) is 10.6. The van der Waals surface area contributed by atoms with Gasteiger partial charge in [0.05, 0.1) is 24.4 Å². The number of carbonyl (C=O) groups excluding carboxylic acids is 1. The fourth-order valence-corrected chi connectivity index (χ4v) is 1.52. The highest BCUT2D eigenvalue weighted by molar-refractivity contribution is 5.81. The number of amides is 1. The second kappa shape index (κ2) is 7.30. The van der Waals surface area contributed by atoms with Gasteiger partial charge in [0, 0.05) is 13.7 Å². The summed E-state index contributed by atoms with van der Waals surface area (Å²) in [6, 6.07) is 7.53. The minimum absolute atomic E-state index is 0.126. The van der Waals surface area contributed by atoms with Gasteiger partial charge in [0.25, 0.3) is 0 Å². The van der Waals surface area contributed by atoms with Gasteiger partial charge in [0.15, 0.2) is 0 Å². The number of anilines is 1. The largest absolute Gasteiger partial charge is 0.383 e. The third-order valence-corrected chi connectivity index (χ3v) is 2.45. The van der Waals surface area contributed by atoms with Crippen LogP contribution < -0.4 is 10.6 Å². The van der Waals surface area contributed by atoms with E-state index >= 15 is 0 Å². The molecule has 0 radical (unpaired) electrons. The molecule has 1 aromatic carbocycles. The first-order valence-corrected chi connectivity index (χ1v) is 5.68. The van der Waals surface area contributed by atoms with E-state index in [2.05, 4.69) is 16.7 Å². The van der Waals surface area contributed by atoms with Crippen LogP contribution in [0.15, 0.2) is 18.2 Å². The van der Waals surface area contributed by atoms with Gasteiger partial charge in [-0.1, -0.05) is 12.1 Å². The molecule has 96 valence electrons. The number of ether oxygens (including phenoxy) is 1. The Labute approximate surface area is 107 Å². The average Bonchev–Trinajstić information content (AvgIpc) is 2.37. The van der Waals surface area contributed by atoms with Gasteiger partial charge in [-0.2, -0.15) is 5.26 Å². The van der Waals surface area contributed by atoms with Crippen LogP contribution >= 0.6 is 0 Å². The quantitative estimate of drug-likeness (QED) is 0.737. The van der Waals surface area contributed by atoms with E-state index in [1.165, 1.54) is 0 Å². The first kappa shape index (κ1) is 14.0. The molecule has 0 saturated heterocycles. The van der Waals surface area contributed by atoms with Crippen molar-refractivity contribution in [1.29, 1.82) is 5.26 Å². The second-order valence-corrected chi connectivity index (χ2v) is 3.81. The molecule has 1 aromatic rings. The summed E-state index contributed by atoms with van der Waals surface area (Å²) in [5.74, 6) is -0.126. The molecule has 0 heterocycles. The number of nitriles is 1. The molecule has 0 aliphatic heterocycles. The number of benzene rings is 1. The van der Waals surface area contributed by atoms with E-state index in [4.69, 9.17) is 10.00 Å². The number of para-hydroxylation sites is 1. The van der Waals surface area contributed by atoms with Crippen LogP contribution in [0.5, 0.6) is 0 Å². The molecule has 0 aliphatic rings. The minimum Gasteiger partial charge on any atom is -0.383 e. The van der Waals surface area contributed by atoms with Gasteiger partial charge < -0.3 is 15.4 Å². The van der Waals surface area contributed by atoms with Crippen molar-refractivity contribution >= 4 is 11.6 Å². The number of methoxy groups -OCH3 is 1. The zero-order valence-electron chi connectivity index (χ0n) is 10.6. The molecule has 0 bridgehead atoms. The summed E-state index contributed by atoms with van der Waals surface area (Å²) in [7, 11) is 1.58. The molecule has 2 N–H and O–H groups in total. The maximum atomic E-state index is 11.5. The van der Waals surface area contributed by atoms with E-state index in [9.17, 15) is 4.79 Å². The van der Waals surface area contributed by atoms with Crippen LogP contribution in [0.4, 0.5) is 5.69 Å². The van der Waals surface area contributed by atoms with Gasteiger partial charge in [0.1, 0.15) is 6.07 Å². The van der Waals surface area contributed by atoms with Gasteiger partial charge in [-0.3, -0.25) is 4.79 Å². The molecular weight excluding hydrogens is 230 g/mol. The Morgan fingerprint density at radius 2 is 2.28 bits per heavy atom. The van der Waals surface area contributed by atoms with Crippen molar-refractivity contribution in [3.8, 4) is 6.07 Å².